The number of nitrogens with zero attached hydrogens (tertiary/aromatic N) is 2. The summed E-state index contributed by atoms with van der Waals surface area (Å²) in [4.78, 5) is 6.52. The maximum atomic E-state index is 5.78. The lowest BCUT2D eigenvalue weighted by Gasteiger charge is -2.35. The number of morpholine rings is 1. The van der Waals surface area contributed by atoms with Gasteiger partial charge in [0.1, 0.15) is 18.5 Å². The molecule has 0 aromatic carbocycles. The normalized spacial score (nSPS) is 19.1. The molecule has 0 spiro atoms. The monoisotopic (exact) mass is 308 g/mol. The highest BCUT2D eigenvalue weighted by Gasteiger charge is 2.22. The van der Waals surface area contributed by atoms with Gasteiger partial charge in [-0.25, -0.2) is 0 Å². The van der Waals surface area contributed by atoms with E-state index >= 15 is 0 Å². The molecule has 1 unspecified atom stereocenters. The van der Waals surface area contributed by atoms with Crippen LogP contribution in [0.3, 0.4) is 0 Å². The molecule has 0 bridgehead atoms. The lowest BCUT2D eigenvalue weighted by atomic mass is 10.2. The summed E-state index contributed by atoms with van der Waals surface area (Å²) >= 11 is 5.55. The van der Waals surface area contributed by atoms with Crippen LogP contribution in [-0.4, -0.2) is 54.2 Å². The molecule has 1 aliphatic heterocycles. The Labute approximate surface area is 131 Å². The molecular formula is C16H21ClN2O2. The second-order valence-electron chi connectivity index (χ2n) is 5.24. The SMILES string of the molecule is CC(C)N1CCOC(COc2cncc(C#CCCl)c2)C1. The summed E-state index contributed by atoms with van der Waals surface area (Å²) in [5.74, 6) is 6.76. The Kier molecular flexibility index (Phi) is 6.31. The van der Waals surface area contributed by atoms with E-state index in [0.717, 1.165) is 25.3 Å². The fraction of sp³-hybridized carbons (Fsp3) is 0.562. The Morgan fingerprint density at radius 2 is 2.38 bits per heavy atom. The summed E-state index contributed by atoms with van der Waals surface area (Å²) in [7, 11) is 0. The van der Waals surface area contributed by atoms with Crippen LogP contribution in [0.1, 0.15) is 19.4 Å². The Morgan fingerprint density at radius 3 is 3.14 bits per heavy atom. The lowest BCUT2D eigenvalue weighted by molar-refractivity contribution is -0.0564. The minimum absolute atomic E-state index is 0.0960. The molecule has 1 saturated heterocycles. The van der Waals surface area contributed by atoms with Crippen molar-refractivity contribution in [2.75, 3.05) is 32.2 Å². The van der Waals surface area contributed by atoms with Crippen LogP contribution in [0.25, 0.3) is 0 Å². The number of hydrogen-bond donors (Lipinski definition) is 0. The molecule has 0 amide bonds. The minimum Gasteiger partial charge on any atom is -0.489 e. The van der Waals surface area contributed by atoms with Crippen LogP contribution in [0.5, 0.6) is 5.75 Å². The van der Waals surface area contributed by atoms with Gasteiger partial charge in [0.05, 0.1) is 18.7 Å². The smallest absolute Gasteiger partial charge is 0.138 e. The van der Waals surface area contributed by atoms with Crippen molar-refractivity contribution >= 4 is 11.6 Å². The van der Waals surface area contributed by atoms with Gasteiger partial charge < -0.3 is 9.47 Å². The molecule has 0 aliphatic carbocycles. The molecule has 21 heavy (non-hydrogen) atoms. The third-order valence-corrected chi connectivity index (χ3v) is 3.48. The first-order valence-electron chi connectivity index (χ1n) is 7.17. The van der Waals surface area contributed by atoms with Crippen LogP contribution in [0.2, 0.25) is 0 Å². The average Bonchev–Trinajstić information content (AvgIpc) is 2.51. The lowest BCUT2D eigenvalue weighted by Crippen LogP contribution is -2.47. The zero-order chi connectivity index (χ0) is 15.1. The quantitative estimate of drug-likeness (QED) is 0.631. The van der Waals surface area contributed by atoms with Gasteiger partial charge in [-0.3, -0.25) is 9.88 Å². The first kappa shape index (κ1) is 16.1. The number of hydrogen-bond acceptors (Lipinski definition) is 4. The van der Waals surface area contributed by atoms with Crippen molar-refractivity contribution in [3.05, 3.63) is 24.0 Å². The van der Waals surface area contributed by atoms with E-state index in [1.165, 1.54) is 0 Å². The third-order valence-electron chi connectivity index (χ3n) is 3.35. The van der Waals surface area contributed by atoms with Gasteiger partial charge in [-0.1, -0.05) is 11.8 Å². The molecule has 0 N–H and O–H groups in total. The molecule has 1 atom stereocenters. The van der Waals surface area contributed by atoms with Gasteiger partial charge in [0.25, 0.3) is 0 Å². The molecule has 1 aliphatic rings. The molecule has 5 heteroatoms. The maximum absolute atomic E-state index is 5.78. The summed E-state index contributed by atoms with van der Waals surface area (Å²) in [6, 6.07) is 2.41. The number of alkyl halides is 1. The summed E-state index contributed by atoms with van der Waals surface area (Å²) < 4.78 is 11.5. The Balaban J connectivity index is 1.88. The summed E-state index contributed by atoms with van der Waals surface area (Å²) in [6.45, 7) is 7.57. The van der Waals surface area contributed by atoms with Crippen LogP contribution in [-0.2, 0) is 4.74 Å². The van der Waals surface area contributed by atoms with Gasteiger partial charge in [0.2, 0.25) is 0 Å². The van der Waals surface area contributed by atoms with Gasteiger partial charge in [-0.05, 0) is 19.9 Å². The number of pyridine rings is 1. The minimum atomic E-state index is 0.0960. The fourth-order valence-corrected chi connectivity index (χ4v) is 2.27. The molecule has 1 fully saturated rings. The Hall–Kier alpha value is -1.28. The zero-order valence-corrected chi connectivity index (χ0v) is 13.3. The topological polar surface area (TPSA) is 34.6 Å². The second-order valence-corrected chi connectivity index (χ2v) is 5.50. The summed E-state index contributed by atoms with van der Waals surface area (Å²) in [6.07, 6.45) is 3.48. The highest BCUT2D eigenvalue weighted by Crippen LogP contribution is 2.14. The van der Waals surface area contributed by atoms with Crippen LogP contribution >= 0.6 is 11.6 Å². The number of aromatic nitrogens is 1. The van der Waals surface area contributed by atoms with E-state index in [2.05, 4.69) is 35.6 Å². The first-order chi connectivity index (χ1) is 10.2. The maximum Gasteiger partial charge on any atom is 0.138 e. The van der Waals surface area contributed by atoms with Crippen molar-refractivity contribution in [3.63, 3.8) is 0 Å². The van der Waals surface area contributed by atoms with E-state index < -0.39 is 0 Å². The van der Waals surface area contributed by atoms with E-state index in [1.807, 2.05) is 6.07 Å². The Bertz CT molecular complexity index is 510. The molecule has 0 saturated carbocycles. The second kappa shape index (κ2) is 8.23. The van der Waals surface area contributed by atoms with Crippen molar-refractivity contribution in [1.82, 2.24) is 9.88 Å². The zero-order valence-electron chi connectivity index (χ0n) is 12.5. The molecule has 0 radical (unpaired) electrons. The van der Waals surface area contributed by atoms with Crippen LogP contribution < -0.4 is 4.74 Å². The van der Waals surface area contributed by atoms with Crippen molar-refractivity contribution in [1.29, 1.82) is 0 Å². The molecule has 1 aromatic heterocycles. The van der Waals surface area contributed by atoms with E-state index in [0.29, 0.717) is 24.3 Å². The number of ether oxygens (including phenoxy) is 2. The van der Waals surface area contributed by atoms with E-state index in [1.54, 1.807) is 12.4 Å². The van der Waals surface area contributed by atoms with Crippen molar-refractivity contribution in [3.8, 4) is 17.6 Å². The van der Waals surface area contributed by atoms with Gasteiger partial charge in [-0.2, -0.15) is 0 Å². The standard InChI is InChI=1S/C16H21ClN2O2/c1-13(2)19-6-7-20-16(11-19)12-21-15-8-14(4-3-5-17)9-18-10-15/h8-10,13,16H,5-7,11-12H2,1-2H3. The fourth-order valence-electron chi connectivity index (χ4n) is 2.20. The van der Waals surface area contributed by atoms with Crippen LogP contribution in [0, 0.1) is 11.8 Å². The number of halogens is 1. The molecule has 114 valence electrons. The number of rotatable bonds is 4. The first-order valence-corrected chi connectivity index (χ1v) is 7.71. The largest absolute Gasteiger partial charge is 0.489 e. The third kappa shape index (κ3) is 5.20. The van der Waals surface area contributed by atoms with E-state index in [9.17, 15) is 0 Å². The van der Waals surface area contributed by atoms with E-state index in [4.69, 9.17) is 21.1 Å². The predicted molar refractivity (Wildman–Crippen MR) is 83.8 cm³/mol. The van der Waals surface area contributed by atoms with Gasteiger partial charge in [0, 0.05) is 30.9 Å². The molecular weight excluding hydrogens is 288 g/mol. The van der Waals surface area contributed by atoms with Crippen molar-refractivity contribution in [2.45, 2.75) is 26.0 Å². The molecule has 4 nitrogen and oxygen atoms in total. The van der Waals surface area contributed by atoms with Gasteiger partial charge in [-0.15, -0.1) is 11.6 Å². The van der Waals surface area contributed by atoms with Crippen LogP contribution in [0.15, 0.2) is 18.5 Å². The Morgan fingerprint density at radius 1 is 1.52 bits per heavy atom. The molecule has 2 heterocycles. The van der Waals surface area contributed by atoms with Crippen LogP contribution in [0.4, 0.5) is 0 Å². The van der Waals surface area contributed by atoms with Crippen molar-refractivity contribution in [2.24, 2.45) is 0 Å². The average molecular weight is 309 g/mol. The summed E-state index contributed by atoms with van der Waals surface area (Å²) in [5.41, 5.74) is 0.807. The van der Waals surface area contributed by atoms with E-state index in [-0.39, 0.29) is 6.10 Å². The molecule has 1 aromatic rings. The van der Waals surface area contributed by atoms with Gasteiger partial charge in [0.15, 0.2) is 0 Å². The highest BCUT2D eigenvalue weighted by atomic mass is 35.5. The molecule has 2 rings (SSSR count). The highest BCUT2D eigenvalue weighted by molar-refractivity contribution is 6.19. The summed E-state index contributed by atoms with van der Waals surface area (Å²) in [5, 5.41) is 0. The predicted octanol–water partition coefficient (Wildman–Crippen LogP) is 2.16. The van der Waals surface area contributed by atoms with Gasteiger partial charge >= 0.3 is 0 Å². The van der Waals surface area contributed by atoms with Crippen molar-refractivity contribution < 1.29 is 9.47 Å².